The molecule has 0 radical (unpaired) electrons. The highest BCUT2D eigenvalue weighted by Gasteiger charge is 2.28. The number of carbonyl (C=O) groups excluding carboxylic acids is 1. The van der Waals surface area contributed by atoms with Crippen molar-refractivity contribution in [3.63, 3.8) is 0 Å². The fraction of sp³-hybridized carbons (Fsp3) is 0.444. The number of aromatic nitrogens is 2. The van der Waals surface area contributed by atoms with Crippen molar-refractivity contribution >= 4 is 57.4 Å². The molecule has 146 valence electrons. The van der Waals surface area contributed by atoms with E-state index in [1.165, 1.54) is 0 Å². The first-order valence-electron chi connectivity index (χ1n) is 8.58. The minimum atomic E-state index is 0.0505. The molecule has 1 unspecified atom stereocenters. The number of anilines is 1. The van der Waals surface area contributed by atoms with Crippen molar-refractivity contribution in [2.24, 2.45) is 0 Å². The summed E-state index contributed by atoms with van der Waals surface area (Å²) in [5, 5.41) is 5.54. The third-order valence-electron chi connectivity index (χ3n) is 4.83. The monoisotopic (exact) mass is 522 g/mol. The number of carbonyl (C=O) groups is 1. The van der Waals surface area contributed by atoms with E-state index < -0.39 is 0 Å². The maximum Gasteiger partial charge on any atom is 0.244 e. The number of ether oxygens (including phenoxy) is 1. The third kappa shape index (κ3) is 4.30. The molecule has 1 atom stereocenters. The van der Waals surface area contributed by atoms with Gasteiger partial charge in [-0.15, -0.1) is 0 Å². The number of benzene rings is 1. The van der Waals surface area contributed by atoms with Crippen LogP contribution in [0.3, 0.4) is 0 Å². The smallest absolute Gasteiger partial charge is 0.244 e. The zero-order chi connectivity index (χ0) is 19.7. The average molecular weight is 523 g/mol. The zero-order valence-electron chi connectivity index (χ0n) is 15.4. The van der Waals surface area contributed by atoms with Crippen LogP contribution in [0.25, 0.3) is 0 Å². The number of nitrogens with zero attached hydrogens (tertiary/aromatic N) is 4. The summed E-state index contributed by atoms with van der Waals surface area (Å²) in [6.07, 6.45) is 0. The number of hydrogen-bond donors (Lipinski definition) is 0. The molecule has 6 nitrogen and oxygen atoms in total. The fourth-order valence-corrected chi connectivity index (χ4v) is 4.25. The van der Waals surface area contributed by atoms with E-state index in [9.17, 15) is 4.79 Å². The first-order chi connectivity index (χ1) is 12.8. The summed E-state index contributed by atoms with van der Waals surface area (Å²) in [6, 6.07) is 5.83. The van der Waals surface area contributed by atoms with Gasteiger partial charge in [0.15, 0.2) is 0 Å². The topological polar surface area (TPSA) is 50.6 Å². The number of amides is 1. The summed E-state index contributed by atoms with van der Waals surface area (Å²) >= 11 is 14.4. The Hall–Kier alpha value is -1.19. The molecule has 2 heterocycles. The predicted molar refractivity (Wildman–Crippen MR) is 116 cm³/mol. The molecule has 27 heavy (non-hydrogen) atoms. The average Bonchev–Trinajstić information content (AvgIpc) is 2.88. The Labute approximate surface area is 182 Å². The molecule has 1 amide bonds. The molecule has 1 fully saturated rings. The van der Waals surface area contributed by atoms with Gasteiger partial charge in [0.25, 0.3) is 0 Å². The maximum atomic E-state index is 12.8. The third-order valence-corrected chi connectivity index (χ3v) is 6.67. The fourth-order valence-electron chi connectivity index (χ4n) is 3.27. The molecule has 2 aromatic rings. The van der Waals surface area contributed by atoms with Crippen LogP contribution in [0, 0.1) is 10.6 Å². The molecule has 9 heteroatoms. The maximum absolute atomic E-state index is 12.8. The standard InChI is InChI=1S/C18H21Cl2IN4O2/c1-11-9-23(13-4-5-14(19)15(8-13)27-3)6-7-24(11)16(26)10-25-12(2)17(20)18(21)22-25/h4-5,8,11H,6-7,9-10H2,1-3H3. The van der Waals surface area contributed by atoms with E-state index >= 15 is 0 Å². The van der Waals surface area contributed by atoms with Crippen molar-refractivity contribution in [1.29, 1.82) is 0 Å². The van der Waals surface area contributed by atoms with Crippen LogP contribution in [0.5, 0.6) is 5.75 Å². The van der Waals surface area contributed by atoms with Crippen molar-refractivity contribution in [3.8, 4) is 5.75 Å². The van der Waals surface area contributed by atoms with Gasteiger partial charge in [0, 0.05) is 37.4 Å². The van der Waals surface area contributed by atoms with E-state index in [1.807, 2.05) is 30.0 Å². The predicted octanol–water partition coefficient (Wildman–Crippen LogP) is 3.85. The van der Waals surface area contributed by atoms with Gasteiger partial charge >= 0.3 is 0 Å². The Morgan fingerprint density at radius 1 is 1.37 bits per heavy atom. The summed E-state index contributed by atoms with van der Waals surface area (Å²) < 4.78 is 7.70. The first-order valence-corrected chi connectivity index (χ1v) is 10.4. The zero-order valence-corrected chi connectivity index (χ0v) is 19.0. The molecule has 0 spiro atoms. The van der Waals surface area contributed by atoms with E-state index in [-0.39, 0.29) is 18.5 Å². The molecule has 0 saturated carbocycles. The summed E-state index contributed by atoms with van der Waals surface area (Å²) in [4.78, 5) is 17.0. The quantitative estimate of drug-likeness (QED) is 0.572. The van der Waals surface area contributed by atoms with Crippen molar-refractivity contribution in [1.82, 2.24) is 14.7 Å². The molecule has 3 rings (SSSR count). The van der Waals surface area contributed by atoms with Gasteiger partial charge < -0.3 is 14.5 Å². The van der Waals surface area contributed by atoms with E-state index in [0.717, 1.165) is 24.5 Å². The largest absolute Gasteiger partial charge is 0.495 e. The van der Waals surface area contributed by atoms with Gasteiger partial charge in [0.1, 0.15) is 16.0 Å². The van der Waals surface area contributed by atoms with E-state index in [2.05, 4.69) is 39.5 Å². The molecular weight excluding hydrogens is 502 g/mol. The second-order valence-corrected chi connectivity index (χ2v) is 8.36. The molecule has 1 saturated heterocycles. The number of piperazine rings is 1. The van der Waals surface area contributed by atoms with Crippen LogP contribution in [0.2, 0.25) is 10.0 Å². The lowest BCUT2D eigenvalue weighted by atomic mass is 10.1. The Morgan fingerprint density at radius 2 is 2.11 bits per heavy atom. The van der Waals surface area contributed by atoms with Crippen LogP contribution >= 0.6 is 45.8 Å². The highest BCUT2D eigenvalue weighted by atomic mass is 127. The number of methoxy groups -OCH3 is 1. The van der Waals surface area contributed by atoms with Gasteiger partial charge in [-0.25, -0.2) is 0 Å². The Morgan fingerprint density at radius 3 is 2.70 bits per heavy atom. The minimum Gasteiger partial charge on any atom is -0.495 e. The van der Waals surface area contributed by atoms with Crippen LogP contribution in [0.1, 0.15) is 12.6 Å². The van der Waals surface area contributed by atoms with Crippen molar-refractivity contribution in [3.05, 3.63) is 37.6 Å². The lowest BCUT2D eigenvalue weighted by Gasteiger charge is -2.41. The number of rotatable bonds is 4. The lowest BCUT2D eigenvalue weighted by Crippen LogP contribution is -2.54. The van der Waals surface area contributed by atoms with Crippen LogP contribution in [0.15, 0.2) is 18.2 Å². The van der Waals surface area contributed by atoms with Gasteiger partial charge in [0.05, 0.1) is 22.8 Å². The Bertz CT molecular complexity index is 858. The van der Waals surface area contributed by atoms with Crippen LogP contribution in [-0.2, 0) is 11.3 Å². The van der Waals surface area contributed by atoms with Gasteiger partial charge in [-0.1, -0.05) is 23.2 Å². The van der Waals surface area contributed by atoms with Gasteiger partial charge in [-0.2, -0.15) is 5.10 Å². The summed E-state index contributed by atoms with van der Waals surface area (Å²) in [5.74, 6) is 0.704. The minimum absolute atomic E-state index is 0.0505. The summed E-state index contributed by atoms with van der Waals surface area (Å²) in [7, 11) is 1.61. The molecular formula is C18H21Cl2IN4O2. The van der Waals surface area contributed by atoms with Crippen molar-refractivity contribution in [2.45, 2.75) is 26.4 Å². The molecule has 1 aliphatic rings. The van der Waals surface area contributed by atoms with Gasteiger partial charge in [0.2, 0.25) is 5.91 Å². The van der Waals surface area contributed by atoms with Crippen molar-refractivity contribution < 1.29 is 9.53 Å². The molecule has 0 N–H and O–H groups in total. The second-order valence-electron chi connectivity index (χ2n) is 6.55. The molecule has 0 bridgehead atoms. The highest BCUT2D eigenvalue weighted by molar-refractivity contribution is 14.1. The summed E-state index contributed by atoms with van der Waals surface area (Å²) in [5.41, 5.74) is 1.86. The SMILES string of the molecule is COc1cc(N2CCN(C(=O)Cn3nc(I)c(Cl)c3C)C(C)C2)ccc1Cl. The molecule has 1 aliphatic heterocycles. The van der Waals surface area contributed by atoms with Crippen LogP contribution < -0.4 is 9.64 Å². The molecule has 1 aromatic carbocycles. The summed E-state index contributed by atoms with van der Waals surface area (Å²) in [6.45, 7) is 6.28. The first kappa shape index (κ1) is 20.5. The van der Waals surface area contributed by atoms with E-state index in [4.69, 9.17) is 27.9 Å². The van der Waals surface area contributed by atoms with Crippen molar-refractivity contribution in [2.75, 3.05) is 31.6 Å². The Kier molecular flexibility index (Phi) is 6.43. The Balaban J connectivity index is 1.67. The number of halogens is 3. The lowest BCUT2D eigenvalue weighted by molar-refractivity contribution is -0.134. The molecule has 0 aliphatic carbocycles. The normalized spacial score (nSPS) is 17.3. The second kappa shape index (κ2) is 8.45. The molecule has 1 aromatic heterocycles. The highest BCUT2D eigenvalue weighted by Crippen LogP contribution is 2.30. The van der Waals surface area contributed by atoms with E-state index in [0.29, 0.717) is 26.0 Å². The van der Waals surface area contributed by atoms with Crippen LogP contribution in [0.4, 0.5) is 5.69 Å². The van der Waals surface area contributed by atoms with E-state index in [1.54, 1.807) is 11.8 Å². The number of hydrogen-bond acceptors (Lipinski definition) is 4. The van der Waals surface area contributed by atoms with Crippen LogP contribution in [-0.4, -0.2) is 53.4 Å². The van der Waals surface area contributed by atoms with Gasteiger partial charge in [-0.3, -0.25) is 9.48 Å². The van der Waals surface area contributed by atoms with Gasteiger partial charge in [-0.05, 0) is 48.6 Å².